The van der Waals surface area contributed by atoms with Crippen molar-refractivity contribution in [2.24, 2.45) is 0 Å². The highest BCUT2D eigenvalue weighted by molar-refractivity contribution is 7.14. The lowest BCUT2D eigenvalue weighted by molar-refractivity contribution is -0.138. The zero-order valence-electron chi connectivity index (χ0n) is 10.8. The van der Waals surface area contributed by atoms with Crippen molar-refractivity contribution in [3.63, 3.8) is 0 Å². The number of halogens is 4. The molecule has 0 unspecified atom stereocenters. The Labute approximate surface area is 121 Å². The Kier molecular flexibility index (Phi) is 4.26. The SMILES string of the molecule is CCN(C(=O)c1c(F)cccc1C(F)(F)F)c1cncs1. The molecule has 8 heteroatoms. The molecule has 2 rings (SSSR count). The first-order chi connectivity index (χ1) is 9.86. The second-order valence-corrected chi connectivity index (χ2v) is 4.91. The summed E-state index contributed by atoms with van der Waals surface area (Å²) >= 11 is 1.09. The Balaban J connectivity index is 2.53. The minimum atomic E-state index is -4.81. The summed E-state index contributed by atoms with van der Waals surface area (Å²) < 4.78 is 52.7. The van der Waals surface area contributed by atoms with Crippen molar-refractivity contribution in [1.82, 2.24) is 4.98 Å². The van der Waals surface area contributed by atoms with Crippen LogP contribution in [0.25, 0.3) is 0 Å². The fourth-order valence-corrected chi connectivity index (χ4v) is 2.55. The Hall–Kier alpha value is -1.96. The van der Waals surface area contributed by atoms with E-state index < -0.39 is 29.0 Å². The van der Waals surface area contributed by atoms with Crippen molar-refractivity contribution in [2.45, 2.75) is 13.1 Å². The highest BCUT2D eigenvalue weighted by Crippen LogP contribution is 2.34. The summed E-state index contributed by atoms with van der Waals surface area (Å²) in [5, 5.41) is 0.360. The van der Waals surface area contributed by atoms with Gasteiger partial charge in [0.05, 0.1) is 22.8 Å². The van der Waals surface area contributed by atoms with Gasteiger partial charge in [-0.1, -0.05) is 6.07 Å². The van der Waals surface area contributed by atoms with E-state index in [2.05, 4.69) is 4.98 Å². The number of carbonyl (C=O) groups is 1. The average molecular weight is 318 g/mol. The van der Waals surface area contributed by atoms with Gasteiger partial charge in [-0.15, -0.1) is 11.3 Å². The first kappa shape index (κ1) is 15.4. The Morgan fingerprint density at radius 1 is 1.38 bits per heavy atom. The molecule has 0 aliphatic carbocycles. The molecule has 0 aliphatic rings. The predicted octanol–water partition coefficient (Wildman–Crippen LogP) is 3.97. The third-order valence-corrected chi connectivity index (χ3v) is 3.57. The number of alkyl halides is 3. The lowest BCUT2D eigenvalue weighted by Crippen LogP contribution is -2.32. The molecule has 21 heavy (non-hydrogen) atoms. The average Bonchev–Trinajstić information content (AvgIpc) is 2.92. The quantitative estimate of drug-likeness (QED) is 0.802. The maximum Gasteiger partial charge on any atom is 0.417 e. The Bertz CT molecular complexity index is 640. The molecule has 0 N–H and O–H groups in total. The molecular formula is C13H10F4N2OS. The van der Waals surface area contributed by atoms with Gasteiger partial charge >= 0.3 is 6.18 Å². The molecule has 0 fully saturated rings. The molecule has 1 aromatic carbocycles. The fourth-order valence-electron chi connectivity index (χ4n) is 1.85. The van der Waals surface area contributed by atoms with Crippen molar-refractivity contribution < 1.29 is 22.4 Å². The maximum absolute atomic E-state index is 13.8. The normalized spacial score (nSPS) is 11.5. The van der Waals surface area contributed by atoms with Crippen molar-refractivity contribution in [1.29, 1.82) is 0 Å². The predicted molar refractivity (Wildman–Crippen MR) is 70.9 cm³/mol. The van der Waals surface area contributed by atoms with Crippen LogP contribution >= 0.6 is 11.3 Å². The molecule has 1 aromatic heterocycles. The number of thiazole rings is 1. The molecule has 0 aliphatic heterocycles. The molecule has 0 spiro atoms. The van der Waals surface area contributed by atoms with Gasteiger partial charge in [-0.25, -0.2) is 4.39 Å². The molecule has 0 bridgehead atoms. The minimum Gasteiger partial charge on any atom is -0.299 e. The van der Waals surface area contributed by atoms with E-state index in [4.69, 9.17) is 0 Å². The van der Waals surface area contributed by atoms with Crippen molar-refractivity contribution in [3.8, 4) is 0 Å². The van der Waals surface area contributed by atoms with Gasteiger partial charge in [-0.3, -0.25) is 14.7 Å². The van der Waals surface area contributed by atoms with Crippen LogP contribution < -0.4 is 4.90 Å². The molecule has 0 saturated heterocycles. The van der Waals surface area contributed by atoms with Gasteiger partial charge in [0.2, 0.25) is 0 Å². The molecule has 0 saturated carbocycles. The standard InChI is InChI=1S/C13H10F4N2OS/c1-2-19(10-6-18-7-21-10)12(20)11-8(13(15,16)17)4-3-5-9(11)14/h3-7H,2H2,1H3. The number of rotatable bonds is 3. The molecule has 1 amide bonds. The van der Waals surface area contributed by atoms with Crippen LogP contribution in [-0.2, 0) is 6.18 Å². The van der Waals surface area contributed by atoms with Crippen molar-refractivity contribution >= 4 is 22.2 Å². The number of carbonyl (C=O) groups excluding carboxylic acids is 1. The lowest BCUT2D eigenvalue weighted by atomic mass is 10.0. The zero-order chi connectivity index (χ0) is 15.6. The van der Waals surface area contributed by atoms with E-state index in [-0.39, 0.29) is 6.54 Å². The summed E-state index contributed by atoms with van der Waals surface area (Å²) in [6.45, 7) is 1.69. The van der Waals surface area contributed by atoms with Gasteiger partial charge in [-0.05, 0) is 19.1 Å². The Morgan fingerprint density at radius 2 is 2.10 bits per heavy atom. The monoisotopic (exact) mass is 318 g/mol. The van der Waals surface area contributed by atoms with Gasteiger partial charge < -0.3 is 0 Å². The zero-order valence-corrected chi connectivity index (χ0v) is 11.6. The van der Waals surface area contributed by atoms with E-state index in [1.807, 2.05) is 0 Å². The number of hydrogen-bond acceptors (Lipinski definition) is 3. The smallest absolute Gasteiger partial charge is 0.299 e. The minimum absolute atomic E-state index is 0.104. The number of amides is 1. The van der Waals surface area contributed by atoms with Crippen LogP contribution in [0, 0.1) is 5.82 Å². The first-order valence-corrected chi connectivity index (χ1v) is 6.80. The van der Waals surface area contributed by atoms with Crippen LogP contribution in [0.4, 0.5) is 22.6 Å². The number of benzene rings is 1. The summed E-state index contributed by atoms with van der Waals surface area (Å²) in [5.41, 5.74) is -0.812. The second kappa shape index (κ2) is 5.80. The van der Waals surface area contributed by atoms with E-state index in [0.29, 0.717) is 11.1 Å². The summed E-state index contributed by atoms with van der Waals surface area (Å²) in [4.78, 5) is 17.2. The molecule has 3 nitrogen and oxygen atoms in total. The summed E-state index contributed by atoms with van der Waals surface area (Å²) in [5.74, 6) is -2.23. The van der Waals surface area contributed by atoms with Crippen LogP contribution in [0.3, 0.4) is 0 Å². The third-order valence-electron chi connectivity index (χ3n) is 2.78. The molecule has 0 radical (unpaired) electrons. The van der Waals surface area contributed by atoms with Gasteiger partial charge in [0.15, 0.2) is 0 Å². The number of nitrogens with zero attached hydrogens (tertiary/aromatic N) is 2. The molecular weight excluding hydrogens is 308 g/mol. The highest BCUT2D eigenvalue weighted by Gasteiger charge is 2.38. The van der Waals surface area contributed by atoms with Crippen LogP contribution in [0.1, 0.15) is 22.8 Å². The summed E-state index contributed by atoms with van der Waals surface area (Å²) in [6, 6.07) is 2.46. The topological polar surface area (TPSA) is 33.2 Å². The van der Waals surface area contributed by atoms with E-state index in [9.17, 15) is 22.4 Å². The third kappa shape index (κ3) is 3.05. The molecule has 0 atom stereocenters. The van der Waals surface area contributed by atoms with E-state index in [1.165, 1.54) is 11.7 Å². The number of anilines is 1. The highest BCUT2D eigenvalue weighted by atomic mass is 32.1. The van der Waals surface area contributed by atoms with Gasteiger partial charge in [0.1, 0.15) is 10.8 Å². The summed E-state index contributed by atoms with van der Waals surface area (Å²) in [6.07, 6.45) is -3.46. The van der Waals surface area contributed by atoms with Crippen LogP contribution in [-0.4, -0.2) is 17.4 Å². The molecule has 2 aromatic rings. The van der Waals surface area contributed by atoms with Crippen LogP contribution in [0.15, 0.2) is 29.9 Å². The van der Waals surface area contributed by atoms with E-state index in [0.717, 1.165) is 28.4 Å². The summed E-state index contributed by atoms with van der Waals surface area (Å²) in [7, 11) is 0. The van der Waals surface area contributed by atoms with Crippen molar-refractivity contribution in [3.05, 3.63) is 46.9 Å². The van der Waals surface area contributed by atoms with Gasteiger partial charge in [-0.2, -0.15) is 13.2 Å². The largest absolute Gasteiger partial charge is 0.417 e. The lowest BCUT2D eigenvalue weighted by Gasteiger charge is -2.21. The van der Waals surface area contributed by atoms with Crippen LogP contribution in [0.5, 0.6) is 0 Å². The van der Waals surface area contributed by atoms with E-state index >= 15 is 0 Å². The second-order valence-electron chi connectivity index (χ2n) is 4.05. The molecule has 112 valence electrons. The van der Waals surface area contributed by atoms with Gasteiger partial charge in [0.25, 0.3) is 5.91 Å². The maximum atomic E-state index is 13.8. The fraction of sp³-hybridized carbons (Fsp3) is 0.231. The van der Waals surface area contributed by atoms with Crippen LogP contribution in [0.2, 0.25) is 0 Å². The number of hydrogen-bond donors (Lipinski definition) is 0. The molecule has 1 heterocycles. The van der Waals surface area contributed by atoms with E-state index in [1.54, 1.807) is 6.92 Å². The van der Waals surface area contributed by atoms with Crippen molar-refractivity contribution in [2.75, 3.05) is 11.4 Å². The number of aromatic nitrogens is 1. The van der Waals surface area contributed by atoms with Gasteiger partial charge in [0, 0.05) is 6.54 Å². The first-order valence-electron chi connectivity index (χ1n) is 5.92. The Morgan fingerprint density at radius 3 is 2.62 bits per heavy atom.